The normalized spacial score (nSPS) is 18.7. The fraction of sp³-hybridized carbons (Fsp3) is 0.316. The molecule has 3 rings (SSSR count). The molecule has 1 aliphatic rings. The van der Waals surface area contributed by atoms with Gasteiger partial charge >= 0.3 is 12.1 Å². The van der Waals surface area contributed by atoms with Crippen molar-refractivity contribution in [1.82, 2.24) is 4.98 Å². The summed E-state index contributed by atoms with van der Waals surface area (Å²) in [6, 6.07) is 3.96. The molecule has 1 aromatic carbocycles. The zero-order valence-electron chi connectivity index (χ0n) is 15.6. The molecule has 1 unspecified atom stereocenters. The van der Waals surface area contributed by atoms with Crippen LogP contribution in [-0.2, 0) is 20.5 Å². The molecule has 0 saturated carbocycles. The fourth-order valence-electron chi connectivity index (χ4n) is 2.85. The molecule has 11 heteroatoms. The van der Waals surface area contributed by atoms with Gasteiger partial charge in [-0.1, -0.05) is 28.4 Å². The first-order valence-corrected chi connectivity index (χ1v) is 9.37. The lowest BCUT2D eigenvalue weighted by Gasteiger charge is -2.18. The number of ether oxygens (including phenoxy) is 1. The van der Waals surface area contributed by atoms with E-state index in [9.17, 15) is 22.4 Å². The van der Waals surface area contributed by atoms with Crippen molar-refractivity contribution in [3.63, 3.8) is 0 Å². The van der Waals surface area contributed by atoms with Crippen molar-refractivity contribution in [3.05, 3.63) is 51.5 Å². The number of carbonyl (C=O) groups is 1. The number of hydrogen-bond acceptors (Lipinski definition) is 5. The van der Waals surface area contributed by atoms with Crippen molar-refractivity contribution in [3.8, 4) is 11.1 Å². The van der Waals surface area contributed by atoms with Crippen molar-refractivity contribution in [2.45, 2.75) is 32.0 Å². The van der Waals surface area contributed by atoms with Crippen LogP contribution < -0.4 is 0 Å². The van der Waals surface area contributed by atoms with Gasteiger partial charge in [-0.2, -0.15) is 13.2 Å². The Labute approximate surface area is 178 Å². The Hall–Kier alpha value is -2.39. The van der Waals surface area contributed by atoms with Crippen LogP contribution in [0.5, 0.6) is 0 Å². The molecule has 2 heterocycles. The number of hydrogen-bond donors (Lipinski definition) is 0. The number of pyridine rings is 1. The molecule has 2 aromatic rings. The van der Waals surface area contributed by atoms with E-state index in [1.807, 2.05) is 0 Å². The van der Waals surface area contributed by atoms with Crippen LogP contribution in [0.15, 0.2) is 29.4 Å². The Bertz CT molecular complexity index is 1040. The molecule has 160 valence electrons. The maximum Gasteiger partial charge on any atom is 0.433 e. The number of carbonyl (C=O) groups excluding carboxylic acids is 1. The molecule has 0 spiro atoms. The average molecular weight is 465 g/mol. The van der Waals surface area contributed by atoms with Gasteiger partial charge in [0.2, 0.25) is 5.60 Å². The van der Waals surface area contributed by atoms with Crippen LogP contribution in [-0.4, -0.2) is 28.9 Å². The van der Waals surface area contributed by atoms with E-state index in [4.69, 9.17) is 32.8 Å². The Morgan fingerprint density at radius 1 is 1.23 bits per heavy atom. The van der Waals surface area contributed by atoms with Crippen LogP contribution in [0.25, 0.3) is 11.1 Å². The number of rotatable bonds is 4. The highest BCUT2D eigenvalue weighted by Gasteiger charge is 2.44. The van der Waals surface area contributed by atoms with Crippen LogP contribution in [0.1, 0.15) is 31.5 Å². The predicted octanol–water partition coefficient (Wildman–Crippen LogP) is 5.66. The van der Waals surface area contributed by atoms with Gasteiger partial charge in [0.05, 0.1) is 17.3 Å². The predicted molar refractivity (Wildman–Crippen MR) is 102 cm³/mol. The van der Waals surface area contributed by atoms with Gasteiger partial charge in [0.25, 0.3) is 0 Å². The van der Waals surface area contributed by atoms with Gasteiger partial charge in [-0.25, -0.2) is 14.2 Å². The maximum atomic E-state index is 14.6. The summed E-state index contributed by atoms with van der Waals surface area (Å²) in [5.41, 5.74) is -2.30. The second-order valence-electron chi connectivity index (χ2n) is 6.60. The summed E-state index contributed by atoms with van der Waals surface area (Å²) in [6.45, 7) is 3.27. The number of nitrogens with zero attached hydrogens (tertiary/aromatic N) is 2. The second-order valence-corrected chi connectivity index (χ2v) is 7.37. The van der Waals surface area contributed by atoms with Crippen LogP contribution in [0.4, 0.5) is 17.6 Å². The molecule has 0 aliphatic carbocycles. The Kier molecular flexibility index (Phi) is 5.97. The quantitative estimate of drug-likeness (QED) is 0.332. The standard InChI is InChI=1S/C19H14Cl2F4N2O3/c1-3-29-17(28)18(2)8-14(27-30-18)11-6-10(13(22)7-12(11)20)9-4-5-15(19(23,24)25)26-16(9)21/h4-7H,3,8H2,1-2H3. The zero-order chi connectivity index (χ0) is 22.3. The molecule has 0 N–H and O–H groups in total. The largest absolute Gasteiger partial charge is 0.463 e. The molecule has 0 saturated heterocycles. The number of oxime groups is 1. The smallest absolute Gasteiger partial charge is 0.433 e. The van der Waals surface area contributed by atoms with E-state index in [2.05, 4.69) is 10.1 Å². The molecule has 0 bridgehead atoms. The van der Waals surface area contributed by atoms with E-state index in [1.54, 1.807) is 6.92 Å². The molecule has 0 fully saturated rings. The lowest BCUT2D eigenvalue weighted by molar-refractivity contribution is -0.166. The summed E-state index contributed by atoms with van der Waals surface area (Å²) >= 11 is 12.0. The fourth-order valence-corrected chi connectivity index (χ4v) is 3.36. The van der Waals surface area contributed by atoms with Crippen LogP contribution >= 0.6 is 23.2 Å². The first-order valence-electron chi connectivity index (χ1n) is 8.62. The number of halogens is 6. The Morgan fingerprint density at radius 3 is 2.53 bits per heavy atom. The number of alkyl halides is 3. The summed E-state index contributed by atoms with van der Waals surface area (Å²) in [7, 11) is 0. The first-order chi connectivity index (χ1) is 14.0. The van der Waals surface area contributed by atoms with Crippen LogP contribution in [0.2, 0.25) is 10.2 Å². The molecule has 1 atom stereocenters. The zero-order valence-corrected chi connectivity index (χ0v) is 17.1. The number of aromatic nitrogens is 1. The third-order valence-corrected chi connectivity index (χ3v) is 4.97. The minimum atomic E-state index is -4.70. The van der Waals surface area contributed by atoms with E-state index in [1.165, 1.54) is 13.0 Å². The summed E-state index contributed by atoms with van der Waals surface area (Å²) in [6.07, 6.45) is -4.70. The number of benzene rings is 1. The van der Waals surface area contributed by atoms with E-state index in [0.29, 0.717) is 6.07 Å². The molecular formula is C19H14Cl2F4N2O3. The van der Waals surface area contributed by atoms with Gasteiger partial charge in [-0.05, 0) is 38.1 Å². The van der Waals surface area contributed by atoms with Gasteiger partial charge in [-0.3, -0.25) is 0 Å². The highest BCUT2D eigenvalue weighted by molar-refractivity contribution is 6.35. The monoisotopic (exact) mass is 464 g/mol. The third kappa shape index (κ3) is 4.22. The lowest BCUT2D eigenvalue weighted by atomic mass is 9.94. The maximum absolute atomic E-state index is 14.6. The Balaban J connectivity index is 2.00. The van der Waals surface area contributed by atoms with Crippen molar-refractivity contribution in [1.29, 1.82) is 0 Å². The van der Waals surface area contributed by atoms with Gasteiger partial charge < -0.3 is 9.57 Å². The molecule has 1 aliphatic heterocycles. The topological polar surface area (TPSA) is 60.8 Å². The highest BCUT2D eigenvalue weighted by atomic mass is 35.5. The molecule has 0 radical (unpaired) electrons. The van der Waals surface area contributed by atoms with E-state index in [0.717, 1.165) is 12.1 Å². The van der Waals surface area contributed by atoms with Crippen LogP contribution in [0.3, 0.4) is 0 Å². The average Bonchev–Trinajstić information content (AvgIpc) is 3.05. The highest BCUT2D eigenvalue weighted by Crippen LogP contribution is 2.37. The lowest BCUT2D eigenvalue weighted by Crippen LogP contribution is -2.37. The van der Waals surface area contributed by atoms with Crippen LogP contribution in [0, 0.1) is 5.82 Å². The summed E-state index contributed by atoms with van der Waals surface area (Å²) in [5.74, 6) is -1.45. The summed E-state index contributed by atoms with van der Waals surface area (Å²) < 4.78 is 58.0. The number of esters is 1. The minimum Gasteiger partial charge on any atom is -0.463 e. The van der Waals surface area contributed by atoms with Gasteiger partial charge in [0.15, 0.2) is 0 Å². The minimum absolute atomic E-state index is 0.00435. The van der Waals surface area contributed by atoms with Gasteiger partial charge in [0, 0.05) is 23.1 Å². The van der Waals surface area contributed by atoms with Crippen molar-refractivity contribution in [2.24, 2.45) is 5.16 Å². The molecule has 5 nitrogen and oxygen atoms in total. The van der Waals surface area contributed by atoms with E-state index in [-0.39, 0.29) is 40.5 Å². The van der Waals surface area contributed by atoms with Crippen molar-refractivity contribution < 1.29 is 31.9 Å². The second kappa shape index (κ2) is 8.03. The SMILES string of the molecule is CCOC(=O)C1(C)CC(c2cc(-c3ccc(C(F)(F)F)nc3Cl)c(F)cc2Cl)=NO1. The Morgan fingerprint density at radius 2 is 1.93 bits per heavy atom. The first kappa shape index (κ1) is 22.3. The summed E-state index contributed by atoms with van der Waals surface area (Å²) in [5, 5.41) is 3.31. The molecular weight excluding hydrogens is 451 g/mol. The van der Waals surface area contributed by atoms with Crippen molar-refractivity contribution >= 4 is 34.9 Å². The van der Waals surface area contributed by atoms with E-state index < -0.39 is 34.4 Å². The van der Waals surface area contributed by atoms with Gasteiger partial charge in [-0.15, -0.1) is 0 Å². The van der Waals surface area contributed by atoms with E-state index >= 15 is 0 Å². The third-order valence-electron chi connectivity index (χ3n) is 4.37. The van der Waals surface area contributed by atoms with Crippen molar-refractivity contribution in [2.75, 3.05) is 6.61 Å². The molecule has 0 amide bonds. The molecule has 1 aromatic heterocycles. The van der Waals surface area contributed by atoms with Gasteiger partial charge in [0.1, 0.15) is 16.7 Å². The summed E-state index contributed by atoms with van der Waals surface area (Å²) in [4.78, 5) is 20.6. The molecule has 30 heavy (non-hydrogen) atoms.